The van der Waals surface area contributed by atoms with Crippen LogP contribution >= 0.6 is 0 Å². The summed E-state index contributed by atoms with van der Waals surface area (Å²) in [5, 5.41) is 8.83. The normalized spacial score (nSPS) is 11.1. The van der Waals surface area contributed by atoms with Gasteiger partial charge in [-0.1, -0.05) is 12.1 Å². The largest absolute Gasteiger partial charge is 0.395 e. The van der Waals surface area contributed by atoms with Crippen LogP contribution in [0.25, 0.3) is 0 Å². The molecule has 0 bridgehead atoms. The van der Waals surface area contributed by atoms with Crippen LogP contribution in [-0.2, 0) is 6.42 Å². The molecule has 0 atom stereocenters. The van der Waals surface area contributed by atoms with Gasteiger partial charge < -0.3 is 10.0 Å². The van der Waals surface area contributed by atoms with Gasteiger partial charge in [-0.2, -0.15) is 0 Å². The zero-order valence-corrected chi connectivity index (χ0v) is 10.9. The predicted octanol–water partition coefficient (Wildman–Crippen LogP) is 2.08. The smallest absolute Gasteiger partial charge is 0.0558 e. The highest BCUT2D eigenvalue weighted by Crippen LogP contribution is 2.15. The lowest BCUT2D eigenvalue weighted by Gasteiger charge is -2.16. The van der Waals surface area contributed by atoms with Crippen molar-refractivity contribution in [1.29, 1.82) is 0 Å². The van der Waals surface area contributed by atoms with Gasteiger partial charge in [0.15, 0.2) is 0 Å². The Kier molecular flexibility index (Phi) is 4.97. The number of likely N-dealkylation sites (N-methyl/N-ethyl adjacent to an activating group) is 1. The molecule has 16 heavy (non-hydrogen) atoms. The number of aliphatic hydroxyl groups excluding tert-OH is 1. The summed E-state index contributed by atoms with van der Waals surface area (Å²) >= 11 is 0. The van der Waals surface area contributed by atoms with Crippen LogP contribution in [0.1, 0.15) is 22.3 Å². The molecule has 0 aliphatic heterocycles. The van der Waals surface area contributed by atoms with E-state index in [1.54, 1.807) is 0 Å². The average Bonchev–Trinajstić information content (AvgIpc) is 2.22. The van der Waals surface area contributed by atoms with Crippen LogP contribution in [0.3, 0.4) is 0 Å². The van der Waals surface area contributed by atoms with Crippen molar-refractivity contribution in [1.82, 2.24) is 4.90 Å². The van der Waals surface area contributed by atoms with E-state index < -0.39 is 0 Å². The molecule has 0 saturated heterocycles. The number of aryl methyl sites for hydroxylation is 3. The third-order valence-corrected chi connectivity index (χ3v) is 3.20. The minimum Gasteiger partial charge on any atom is -0.395 e. The first-order chi connectivity index (χ1) is 7.54. The summed E-state index contributed by atoms with van der Waals surface area (Å²) in [6, 6.07) is 4.55. The molecular weight excluding hydrogens is 198 g/mol. The summed E-state index contributed by atoms with van der Waals surface area (Å²) in [5.41, 5.74) is 5.53. The Labute approximate surface area is 98.9 Å². The number of aliphatic hydroxyl groups is 1. The van der Waals surface area contributed by atoms with E-state index in [4.69, 9.17) is 5.11 Å². The van der Waals surface area contributed by atoms with E-state index in [9.17, 15) is 0 Å². The van der Waals surface area contributed by atoms with Gasteiger partial charge in [-0.05, 0) is 56.5 Å². The minimum absolute atomic E-state index is 0.238. The quantitative estimate of drug-likeness (QED) is 0.823. The first-order valence-electron chi connectivity index (χ1n) is 5.90. The monoisotopic (exact) mass is 221 g/mol. The molecular formula is C14H23NO. The van der Waals surface area contributed by atoms with Crippen molar-refractivity contribution in [2.45, 2.75) is 27.2 Å². The molecule has 0 radical (unpaired) electrons. The maximum atomic E-state index is 8.83. The fourth-order valence-electron chi connectivity index (χ4n) is 1.88. The van der Waals surface area contributed by atoms with Crippen LogP contribution in [-0.4, -0.2) is 36.8 Å². The topological polar surface area (TPSA) is 23.5 Å². The first kappa shape index (κ1) is 13.2. The Balaban J connectivity index is 2.63. The van der Waals surface area contributed by atoms with Crippen LogP contribution in [0.2, 0.25) is 0 Å². The summed E-state index contributed by atoms with van der Waals surface area (Å²) in [6.07, 6.45) is 1.06. The Hall–Kier alpha value is -0.860. The zero-order chi connectivity index (χ0) is 12.1. The fourth-order valence-corrected chi connectivity index (χ4v) is 1.88. The Bertz CT molecular complexity index is 347. The standard InChI is InChI=1S/C14H23NO/c1-11-9-13(3)14(10-12(11)2)5-6-15(4)7-8-16/h9-10,16H,5-8H2,1-4H3. The molecule has 1 N–H and O–H groups in total. The molecule has 2 heteroatoms. The number of hydrogen-bond donors (Lipinski definition) is 1. The van der Waals surface area contributed by atoms with Crippen molar-refractivity contribution in [3.63, 3.8) is 0 Å². The number of hydrogen-bond acceptors (Lipinski definition) is 2. The third-order valence-electron chi connectivity index (χ3n) is 3.20. The lowest BCUT2D eigenvalue weighted by atomic mass is 9.99. The van der Waals surface area contributed by atoms with Crippen LogP contribution in [0.15, 0.2) is 12.1 Å². The van der Waals surface area contributed by atoms with Crippen molar-refractivity contribution in [2.24, 2.45) is 0 Å². The molecule has 0 amide bonds. The zero-order valence-electron chi connectivity index (χ0n) is 10.9. The highest BCUT2D eigenvalue weighted by Gasteiger charge is 2.03. The van der Waals surface area contributed by atoms with Crippen molar-refractivity contribution in [3.8, 4) is 0 Å². The van der Waals surface area contributed by atoms with Gasteiger partial charge in [0, 0.05) is 13.1 Å². The Morgan fingerprint density at radius 3 is 2.25 bits per heavy atom. The molecule has 0 aromatic heterocycles. The van der Waals surface area contributed by atoms with Gasteiger partial charge in [0.1, 0.15) is 0 Å². The second-order valence-electron chi connectivity index (χ2n) is 4.64. The molecule has 0 aliphatic carbocycles. The molecule has 0 heterocycles. The highest BCUT2D eigenvalue weighted by atomic mass is 16.3. The highest BCUT2D eigenvalue weighted by molar-refractivity contribution is 5.36. The van der Waals surface area contributed by atoms with Crippen molar-refractivity contribution >= 4 is 0 Å². The number of nitrogens with zero attached hydrogens (tertiary/aromatic N) is 1. The van der Waals surface area contributed by atoms with Crippen molar-refractivity contribution < 1.29 is 5.11 Å². The number of benzene rings is 1. The maximum absolute atomic E-state index is 8.83. The molecule has 0 unspecified atom stereocenters. The van der Waals surface area contributed by atoms with Crippen molar-refractivity contribution in [3.05, 3.63) is 34.4 Å². The second kappa shape index (κ2) is 6.02. The molecule has 2 nitrogen and oxygen atoms in total. The summed E-state index contributed by atoms with van der Waals surface area (Å²) in [5.74, 6) is 0. The molecule has 1 rings (SSSR count). The van der Waals surface area contributed by atoms with E-state index >= 15 is 0 Å². The van der Waals surface area contributed by atoms with Gasteiger partial charge in [-0.3, -0.25) is 0 Å². The van der Waals surface area contributed by atoms with Crippen LogP contribution in [0, 0.1) is 20.8 Å². The van der Waals surface area contributed by atoms with E-state index in [0.29, 0.717) is 0 Å². The molecule has 0 fully saturated rings. The van der Waals surface area contributed by atoms with E-state index in [2.05, 4.69) is 37.8 Å². The lowest BCUT2D eigenvalue weighted by molar-refractivity contribution is 0.223. The van der Waals surface area contributed by atoms with Crippen LogP contribution in [0.4, 0.5) is 0 Å². The van der Waals surface area contributed by atoms with Gasteiger partial charge in [0.25, 0.3) is 0 Å². The second-order valence-corrected chi connectivity index (χ2v) is 4.64. The van der Waals surface area contributed by atoms with Gasteiger partial charge in [0.2, 0.25) is 0 Å². The summed E-state index contributed by atoms with van der Waals surface area (Å²) in [7, 11) is 2.05. The Morgan fingerprint density at radius 1 is 1.00 bits per heavy atom. The van der Waals surface area contributed by atoms with Crippen molar-refractivity contribution in [2.75, 3.05) is 26.7 Å². The number of rotatable bonds is 5. The fraction of sp³-hybridized carbons (Fsp3) is 0.571. The van der Waals surface area contributed by atoms with E-state index in [1.165, 1.54) is 22.3 Å². The van der Waals surface area contributed by atoms with E-state index in [0.717, 1.165) is 19.5 Å². The predicted molar refractivity (Wildman–Crippen MR) is 68.9 cm³/mol. The minimum atomic E-state index is 0.238. The van der Waals surface area contributed by atoms with E-state index in [-0.39, 0.29) is 6.61 Å². The molecule has 90 valence electrons. The lowest BCUT2D eigenvalue weighted by Crippen LogP contribution is -2.24. The maximum Gasteiger partial charge on any atom is 0.0558 e. The van der Waals surface area contributed by atoms with Gasteiger partial charge in [-0.15, -0.1) is 0 Å². The van der Waals surface area contributed by atoms with Crippen LogP contribution < -0.4 is 0 Å². The summed E-state index contributed by atoms with van der Waals surface area (Å²) in [4.78, 5) is 2.16. The SMILES string of the molecule is Cc1cc(C)c(CCN(C)CCO)cc1C. The molecule has 1 aromatic rings. The Morgan fingerprint density at radius 2 is 1.62 bits per heavy atom. The average molecular weight is 221 g/mol. The molecule has 1 aromatic carbocycles. The van der Waals surface area contributed by atoms with Gasteiger partial charge in [-0.25, -0.2) is 0 Å². The van der Waals surface area contributed by atoms with Gasteiger partial charge >= 0.3 is 0 Å². The summed E-state index contributed by atoms with van der Waals surface area (Å²) in [6.45, 7) is 8.49. The third kappa shape index (κ3) is 3.62. The van der Waals surface area contributed by atoms with E-state index in [1.807, 2.05) is 7.05 Å². The molecule has 0 spiro atoms. The van der Waals surface area contributed by atoms with Gasteiger partial charge in [0.05, 0.1) is 6.61 Å². The summed E-state index contributed by atoms with van der Waals surface area (Å²) < 4.78 is 0. The molecule has 0 saturated carbocycles. The first-order valence-corrected chi connectivity index (χ1v) is 5.90. The van der Waals surface area contributed by atoms with Crippen LogP contribution in [0.5, 0.6) is 0 Å². The molecule has 0 aliphatic rings.